The molecule has 1 saturated heterocycles. The van der Waals surface area contributed by atoms with Crippen molar-refractivity contribution in [1.29, 1.82) is 0 Å². The smallest absolute Gasteiger partial charge is 0.253 e. The Labute approximate surface area is 139 Å². The number of likely N-dealkylation sites (tertiary alicyclic amines) is 1. The van der Waals surface area contributed by atoms with E-state index in [9.17, 15) is 4.79 Å². The molecule has 0 bridgehead atoms. The molecule has 2 aromatic rings. The summed E-state index contributed by atoms with van der Waals surface area (Å²) in [6, 6.07) is 18.5. The number of piperidine rings is 1. The van der Waals surface area contributed by atoms with E-state index in [-0.39, 0.29) is 5.91 Å². The number of hydrogen-bond acceptors (Lipinski definition) is 1. The van der Waals surface area contributed by atoms with Crippen LogP contribution in [0.4, 0.5) is 0 Å². The molecule has 1 aliphatic heterocycles. The molecule has 1 fully saturated rings. The fourth-order valence-corrected chi connectivity index (χ4v) is 3.49. The van der Waals surface area contributed by atoms with E-state index in [1.54, 1.807) is 0 Å². The lowest BCUT2D eigenvalue weighted by Gasteiger charge is -2.32. The largest absolute Gasteiger partial charge is 0.339 e. The number of carbonyl (C=O) groups excluding carboxylic acids is 1. The number of rotatable bonds is 2. The first-order valence-corrected chi connectivity index (χ1v) is 8.42. The molecule has 1 aliphatic rings. The van der Waals surface area contributed by atoms with Crippen molar-refractivity contribution in [1.82, 2.24) is 4.90 Å². The lowest BCUT2D eigenvalue weighted by Crippen LogP contribution is -2.37. The number of nitrogens with zero attached hydrogens (tertiary/aromatic N) is 1. The van der Waals surface area contributed by atoms with Crippen LogP contribution < -0.4 is 0 Å². The van der Waals surface area contributed by atoms with Crippen molar-refractivity contribution >= 4 is 28.5 Å². The Kier molecular flexibility index (Phi) is 4.58. The molecule has 3 rings (SSSR count). The molecule has 2 nitrogen and oxygen atoms in total. The van der Waals surface area contributed by atoms with Gasteiger partial charge in [0.15, 0.2) is 0 Å². The highest BCUT2D eigenvalue weighted by molar-refractivity contribution is 14.1. The summed E-state index contributed by atoms with van der Waals surface area (Å²) in [5.74, 6) is 0.756. The van der Waals surface area contributed by atoms with Crippen LogP contribution in [-0.4, -0.2) is 23.9 Å². The summed E-state index contributed by atoms with van der Waals surface area (Å²) < 4.78 is 1.11. The van der Waals surface area contributed by atoms with Crippen LogP contribution in [-0.2, 0) is 0 Å². The zero-order chi connectivity index (χ0) is 14.7. The third-order valence-electron chi connectivity index (χ3n) is 4.12. The lowest BCUT2D eigenvalue weighted by molar-refractivity contribution is 0.0713. The fourth-order valence-electron chi connectivity index (χ4n) is 2.95. The minimum absolute atomic E-state index is 0.167. The van der Waals surface area contributed by atoms with Crippen molar-refractivity contribution in [2.45, 2.75) is 18.8 Å². The summed E-state index contributed by atoms with van der Waals surface area (Å²) in [7, 11) is 0. The molecule has 0 N–H and O–H groups in total. The highest BCUT2D eigenvalue weighted by atomic mass is 127. The van der Waals surface area contributed by atoms with Gasteiger partial charge in [0.1, 0.15) is 0 Å². The summed E-state index contributed by atoms with van der Waals surface area (Å²) in [4.78, 5) is 14.5. The summed E-state index contributed by atoms with van der Waals surface area (Å²) in [6.07, 6.45) is 2.11. The van der Waals surface area contributed by atoms with E-state index in [1.165, 1.54) is 5.56 Å². The van der Waals surface area contributed by atoms with Crippen LogP contribution in [0.15, 0.2) is 54.6 Å². The molecular weight excluding hydrogens is 373 g/mol. The maximum Gasteiger partial charge on any atom is 0.253 e. The van der Waals surface area contributed by atoms with Gasteiger partial charge in [-0.15, -0.1) is 0 Å². The average molecular weight is 391 g/mol. The summed E-state index contributed by atoms with van der Waals surface area (Å²) in [5.41, 5.74) is 2.21. The molecule has 0 aliphatic carbocycles. The number of halogens is 1. The van der Waals surface area contributed by atoms with Gasteiger partial charge in [-0.3, -0.25) is 4.79 Å². The first-order chi connectivity index (χ1) is 10.2. The monoisotopic (exact) mass is 391 g/mol. The van der Waals surface area contributed by atoms with Crippen LogP contribution in [0.1, 0.15) is 34.7 Å². The molecule has 2 aromatic carbocycles. The van der Waals surface area contributed by atoms with Crippen molar-refractivity contribution in [2.24, 2.45) is 0 Å². The molecular formula is C18H18INO. The zero-order valence-corrected chi connectivity index (χ0v) is 14.0. The zero-order valence-electron chi connectivity index (χ0n) is 11.8. The SMILES string of the molecule is O=C(c1cccc(I)c1)N1CCC(c2ccccc2)CC1. The van der Waals surface area contributed by atoms with Gasteiger partial charge in [0.05, 0.1) is 0 Å². The topological polar surface area (TPSA) is 20.3 Å². The Bertz CT molecular complexity index is 618. The molecule has 1 heterocycles. The molecule has 0 spiro atoms. The number of carbonyl (C=O) groups is 1. The van der Waals surface area contributed by atoms with Gasteiger partial charge in [0.25, 0.3) is 5.91 Å². The standard InChI is InChI=1S/C18H18INO/c19-17-8-4-7-16(13-17)18(21)20-11-9-15(10-12-20)14-5-2-1-3-6-14/h1-8,13,15H,9-12H2. The predicted octanol–water partition coefficient (Wildman–Crippen LogP) is 4.31. The Morgan fingerprint density at radius 2 is 1.71 bits per heavy atom. The highest BCUT2D eigenvalue weighted by Crippen LogP contribution is 2.28. The minimum Gasteiger partial charge on any atom is -0.339 e. The molecule has 1 amide bonds. The quantitative estimate of drug-likeness (QED) is 0.699. The second-order valence-electron chi connectivity index (χ2n) is 5.49. The van der Waals surface area contributed by atoms with Crippen LogP contribution in [0.2, 0.25) is 0 Å². The molecule has 0 atom stereocenters. The van der Waals surface area contributed by atoms with E-state index < -0.39 is 0 Å². The molecule has 21 heavy (non-hydrogen) atoms. The molecule has 0 aromatic heterocycles. The summed E-state index contributed by atoms with van der Waals surface area (Å²) in [6.45, 7) is 1.70. The van der Waals surface area contributed by atoms with Crippen LogP contribution in [0.5, 0.6) is 0 Å². The van der Waals surface area contributed by atoms with E-state index in [0.717, 1.165) is 35.1 Å². The van der Waals surface area contributed by atoms with Crippen molar-refractivity contribution < 1.29 is 4.79 Å². The van der Waals surface area contributed by atoms with Gasteiger partial charge < -0.3 is 4.90 Å². The van der Waals surface area contributed by atoms with Gasteiger partial charge in [0, 0.05) is 22.2 Å². The van der Waals surface area contributed by atoms with Gasteiger partial charge in [-0.05, 0) is 65.1 Å². The number of amides is 1. The molecule has 3 heteroatoms. The third kappa shape index (κ3) is 3.46. The van der Waals surface area contributed by atoms with Crippen molar-refractivity contribution in [3.63, 3.8) is 0 Å². The van der Waals surface area contributed by atoms with E-state index in [2.05, 4.69) is 52.9 Å². The molecule has 0 saturated carbocycles. The molecule has 0 radical (unpaired) electrons. The molecule has 108 valence electrons. The lowest BCUT2D eigenvalue weighted by atomic mass is 9.89. The first-order valence-electron chi connectivity index (χ1n) is 7.34. The second-order valence-corrected chi connectivity index (χ2v) is 6.73. The van der Waals surface area contributed by atoms with E-state index in [1.807, 2.05) is 29.2 Å². The fraction of sp³-hybridized carbons (Fsp3) is 0.278. The van der Waals surface area contributed by atoms with Gasteiger partial charge in [-0.25, -0.2) is 0 Å². The Hall–Kier alpha value is -1.36. The van der Waals surface area contributed by atoms with Crippen molar-refractivity contribution in [2.75, 3.05) is 13.1 Å². The Balaban J connectivity index is 1.64. The predicted molar refractivity (Wildman–Crippen MR) is 93.5 cm³/mol. The number of benzene rings is 2. The van der Waals surface area contributed by atoms with Gasteiger partial charge in [-0.2, -0.15) is 0 Å². The van der Waals surface area contributed by atoms with Crippen molar-refractivity contribution in [3.8, 4) is 0 Å². The Morgan fingerprint density at radius 3 is 2.38 bits per heavy atom. The van der Waals surface area contributed by atoms with Crippen LogP contribution in [0, 0.1) is 3.57 Å². The van der Waals surface area contributed by atoms with Crippen LogP contribution in [0.3, 0.4) is 0 Å². The minimum atomic E-state index is 0.167. The first kappa shape index (κ1) is 14.6. The van der Waals surface area contributed by atoms with Crippen LogP contribution in [0.25, 0.3) is 0 Å². The van der Waals surface area contributed by atoms with E-state index in [4.69, 9.17) is 0 Å². The molecule has 0 unspecified atom stereocenters. The van der Waals surface area contributed by atoms with E-state index >= 15 is 0 Å². The van der Waals surface area contributed by atoms with E-state index in [0.29, 0.717) is 5.92 Å². The van der Waals surface area contributed by atoms with Gasteiger partial charge in [-0.1, -0.05) is 36.4 Å². The second kappa shape index (κ2) is 6.60. The van der Waals surface area contributed by atoms with Crippen LogP contribution >= 0.6 is 22.6 Å². The summed E-state index contributed by atoms with van der Waals surface area (Å²) in [5, 5.41) is 0. The number of hydrogen-bond donors (Lipinski definition) is 0. The van der Waals surface area contributed by atoms with Crippen molar-refractivity contribution in [3.05, 3.63) is 69.3 Å². The Morgan fingerprint density at radius 1 is 1.00 bits per heavy atom. The third-order valence-corrected chi connectivity index (χ3v) is 4.80. The maximum atomic E-state index is 12.5. The summed E-state index contributed by atoms with van der Waals surface area (Å²) >= 11 is 2.25. The average Bonchev–Trinajstić information content (AvgIpc) is 2.55. The van der Waals surface area contributed by atoms with Gasteiger partial charge in [0.2, 0.25) is 0 Å². The maximum absolute atomic E-state index is 12.5. The highest BCUT2D eigenvalue weighted by Gasteiger charge is 2.24. The van der Waals surface area contributed by atoms with Gasteiger partial charge >= 0.3 is 0 Å². The normalized spacial score (nSPS) is 16.0.